The smallest absolute Gasteiger partial charge is 0.339 e. The lowest BCUT2D eigenvalue weighted by Crippen LogP contribution is -2.16. The second-order valence-electron chi connectivity index (χ2n) is 5.30. The Hall–Kier alpha value is -1.77. The van der Waals surface area contributed by atoms with E-state index in [1.807, 2.05) is 13.0 Å². The highest BCUT2D eigenvalue weighted by Gasteiger charge is 2.19. The number of fused-ring (bicyclic) bond motifs is 3. The van der Waals surface area contributed by atoms with Gasteiger partial charge in [0.25, 0.3) is 0 Å². The normalized spacial score (nSPS) is 14.3. The molecule has 2 aromatic rings. The van der Waals surface area contributed by atoms with Crippen molar-refractivity contribution in [1.82, 2.24) is 0 Å². The van der Waals surface area contributed by atoms with E-state index in [1.54, 1.807) is 0 Å². The van der Waals surface area contributed by atoms with Crippen LogP contribution in [0.4, 0.5) is 0 Å². The lowest BCUT2D eigenvalue weighted by atomic mass is 9.90. The molecule has 0 N–H and O–H groups in total. The summed E-state index contributed by atoms with van der Waals surface area (Å²) >= 11 is 0. The average Bonchev–Trinajstić information content (AvgIpc) is 2.47. The Balaban J connectivity index is 2.29. The van der Waals surface area contributed by atoms with Gasteiger partial charge in [0, 0.05) is 17.0 Å². The number of rotatable bonds is 3. The molecule has 0 saturated carbocycles. The first kappa shape index (κ1) is 13.2. The third-order valence-electron chi connectivity index (χ3n) is 4.09. The van der Waals surface area contributed by atoms with Crippen LogP contribution in [0.15, 0.2) is 21.3 Å². The molecule has 20 heavy (non-hydrogen) atoms. The van der Waals surface area contributed by atoms with Crippen molar-refractivity contribution in [3.05, 3.63) is 39.2 Å². The van der Waals surface area contributed by atoms with Gasteiger partial charge in [-0.05, 0) is 56.2 Å². The zero-order chi connectivity index (χ0) is 14.1. The molecule has 0 spiro atoms. The molecule has 0 amide bonds. The van der Waals surface area contributed by atoms with Gasteiger partial charge in [0.2, 0.25) is 0 Å². The van der Waals surface area contributed by atoms with E-state index >= 15 is 0 Å². The average molecular weight is 272 g/mol. The number of aryl methyl sites for hydroxylation is 2. The highest BCUT2D eigenvalue weighted by molar-refractivity contribution is 5.84. The minimum atomic E-state index is -0.168. The molecule has 0 aliphatic heterocycles. The van der Waals surface area contributed by atoms with Crippen molar-refractivity contribution < 1.29 is 9.15 Å². The Labute approximate surface area is 118 Å². The van der Waals surface area contributed by atoms with Crippen LogP contribution in [0.5, 0.6) is 5.75 Å². The van der Waals surface area contributed by atoms with Crippen LogP contribution in [0.25, 0.3) is 11.0 Å². The lowest BCUT2D eigenvalue weighted by molar-refractivity contribution is 0.336. The molecular formula is C17H20O3. The Morgan fingerprint density at radius 2 is 1.90 bits per heavy atom. The van der Waals surface area contributed by atoms with Crippen molar-refractivity contribution in [3.8, 4) is 5.75 Å². The fourth-order valence-corrected chi connectivity index (χ4v) is 3.08. The maximum absolute atomic E-state index is 12.1. The lowest BCUT2D eigenvalue weighted by Gasteiger charge is -2.17. The fraction of sp³-hybridized carbons (Fsp3) is 0.471. The molecule has 106 valence electrons. The van der Waals surface area contributed by atoms with Crippen molar-refractivity contribution in [2.75, 3.05) is 6.61 Å². The molecule has 0 radical (unpaired) electrons. The molecule has 3 rings (SSSR count). The largest absolute Gasteiger partial charge is 0.493 e. The first-order valence-electron chi connectivity index (χ1n) is 7.48. The van der Waals surface area contributed by atoms with Crippen LogP contribution in [0.1, 0.15) is 43.4 Å². The maximum Gasteiger partial charge on any atom is 0.339 e. The summed E-state index contributed by atoms with van der Waals surface area (Å²) in [5.41, 5.74) is 3.76. The van der Waals surface area contributed by atoms with Crippen LogP contribution >= 0.6 is 0 Å². The van der Waals surface area contributed by atoms with Crippen LogP contribution in [0, 0.1) is 0 Å². The quantitative estimate of drug-likeness (QED) is 0.801. The van der Waals surface area contributed by atoms with Gasteiger partial charge in [0.05, 0.1) is 6.61 Å². The zero-order valence-electron chi connectivity index (χ0n) is 12.1. The molecular weight excluding hydrogens is 252 g/mol. The van der Waals surface area contributed by atoms with Gasteiger partial charge in [-0.3, -0.25) is 0 Å². The minimum Gasteiger partial charge on any atom is -0.493 e. The van der Waals surface area contributed by atoms with E-state index in [0.29, 0.717) is 12.2 Å². The van der Waals surface area contributed by atoms with E-state index in [1.165, 1.54) is 11.1 Å². The van der Waals surface area contributed by atoms with Gasteiger partial charge >= 0.3 is 5.63 Å². The highest BCUT2D eigenvalue weighted by atomic mass is 16.5. The molecule has 3 heteroatoms. The topological polar surface area (TPSA) is 39.4 Å². The summed E-state index contributed by atoms with van der Waals surface area (Å²) in [5, 5.41) is 1.10. The van der Waals surface area contributed by atoms with Crippen LogP contribution < -0.4 is 10.4 Å². The molecule has 1 aromatic heterocycles. The van der Waals surface area contributed by atoms with Gasteiger partial charge in [-0.25, -0.2) is 4.79 Å². The monoisotopic (exact) mass is 272 g/mol. The predicted octanol–water partition coefficient (Wildman–Crippen LogP) is 3.63. The summed E-state index contributed by atoms with van der Waals surface area (Å²) in [6.45, 7) is 4.70. The second-order valence-corrected chi connectivity index (χ2v) is 5.30. The molecule has 1 aliphatic rings. The summed E-state index contributed by atoms with van der Waals surface area (Å²) in [6.07, 6.45) is 4.98. The van der Waals surface area contributed by atoms with E-state index in [-0.39, 0.29) is 5.63 Å². The van der Waals surface area contributed by atoms with Gasteiger partial charge in [-0.2, -0.15) is 0 Å². The first-order valence-corrected chi connectivity index (χ1v) is 7.48. The molecule has 0 atom stereocenters. The molecule has 1 aromatic carbocycles. The second kappa shape index (κ2) is 5.31. The van der Waals surface area contributed by atoms with E-state index < -0.39 is 0 Å². The van der Waals surface area contributed by atoms with Crippen LogP contribution in [-0.2, 0) is 19.3 Å². The SMILES string of the molecule is CCOc1cc2oc(=O)c3c(c2cc1CC)CCCC3. The van der Waals surface area contributed by atoms with Gasteiger partial charge in [0.15, 0.2) is 0 Å². The predicted molar refractivity (Wildman–Crippen MR) is 79.7 cm³/mol. The van der Waals surface area contributed by atoms with E-state index in [9.17, 15) is 4.79 Å². The number of ether oxygens (including phenoxy) is 1. The molecule has 0 bridgehead atoms. The van der Waals surface area contributed by atoms with Gasteiger partial charge in [0.1, 0.15) is 11.3 Å². The minimum absolute atomic E-state index is 0.168. The van der Waals surface area contributed by atoms with Crippen LogP contribution in [-0.4, -0.2) is 6.61 Å². The standard InChI is InChI=1S/C17H20O3/c1-3-11-9-14-12-7-5-6-8-13(12)17(18)20-16(14)10-15(11)19-4-2/h9-10H,3-8H2,1-2H3. The molecule has 0 saturated heterocycles. The van der Waals surface area contributed by atoms with Crippen LogP contribution in [0.3, 0.4) is 0 Å². The summed E-state index contributed by atoms with van der Waals surface area (Å²) < 4.78 is 11.2. The first-order chi connectivity index (χ1) is 9.74. The Morgan fingerprint density at radius 3 is 2.60 bits per heavy atom. The van der Waals surface area contributed by atoms with Gasteiger partial charge in [-0.15, -0.1) is 0 Å². The molecule has 0 unspecified atom stereocenters. The van der Waals surface area contributed by atoms with Crippen molar-refractivity contribution in [1.29, 1.82) is 0 Å². The Kier molecular flexibility index (Phi) is 3.51. The van der Waals surface area contributed by atoms with E-state index in [4.69, 9.17) is 9.15 Å². The van der Waals surface area contributed by atoms with Crippen molar-refractivity contribution >= 4 is 11.0 Å². The Morgan fingerprint density at radius 1 is 1.15 bits per heavy atom. The zero-order valence-corrected chi connectivity index (χ0v) is 12.1. The molecule has 0 fully saturated rings. The Bertz CT molecular complexity index is 697. The summed E-state index contributed by atoms with van der Waals surface area (Å²) in [5.74, 6) is 0.835. The van der Waals surface area contributed by atoms with Crippen molar-refractivity contribution in [2.45, 2.75) is 46.0 Å². The van der Waals surface area contributed by atoms with Gasteiger partial charge < -0.3 is 9.15 Å². The number of benzene rings is 1. The number of hydrogen-bond donors (Lipinski definition) is 0. The third-order valence-corrected chi connectivity index (χ3v) is 4.09. The number of hydrogen-bond acceptors (Lipinski definition) is 3. The summed E-state index contributed by atoms with van der Waals surface area (Å²) in [6, 6.07) is 4.03. The van der Waals surface area contributed by atoms with Crippen molar-refractivity contribution in [2.24, 2.45) is 0 Å². The van der Waals surface area contributed by atoms with Crippen molar-refractivity contribution in [3.63, 3.8) is 0 Å². The summed E-state index contributed by atoms with van der Waals surface area (Å²) in [7, 11) is 0. The highest BCUT2D eigenvalue weighted by Crippen LogP contribution is 2.32. The maximum atomic E-state index is 12.1. The van der Waals surface area contributed by atoms with E-state index in [0.717, 1.165) is 48.8 Å². The van der Waals surface area contributed by atoms with E-state index in [2.05, 4.69) is 13.0 Å². The molecule has 3 nitrogen and oxygen atoms in total. The van der Waals surface area contributed by atoms with Gasteiger partial charge in [-0.1, -0.05) is 6.92 Å². The summed E-state index contributed by atoms with van der Waals surface area (Å²) in [4.78, 5) is 12.1. The fourth-order valence-electron chi connectivity index (χ4n) is 3.08. The molecule has 1 aliphatic carbocycles. The van der Waals surface area contributed by atoms with Crippen LogP contribution in [0.2, 0.25) is 0 Å². The molecule has 1 heterocycles. The third kappa shape index (κ3) is 2.11.